The largest absolute Gasteiger partial charge is 0.378 e. The third-order valence-corrected chi connectivity index (χ3v) is 5.40. The molecule has 1 amide bonds. The van der Waals surface area contributed by atoms with E-state index >= 15 is 0 Å². The van der Waals surface area contributed by atoms with E-state index in [2.05, 4.69) is 37.3 Å². The summed E-state index contributed by atoms with van der Waals surface area (Å²) in [7, 11) is 0. The number of hydrogen-bond donors (Lipinski definition) is 2. The first-order valence-electron chi connectivity index (χ1n) is 9.33. The second kappa shape index (κ2) is 8.62. The number of fused-ring (bicyclic) bond motifs is 1. The zero-order valence-electron chi connectivity index (χ0n) is 15.8. The fraction of sp³-hybridized carbons (Fsp3) is 0.350. The second-order valence-electron chi connectivity index (χ2n) is 6.56. The van der Waals surface area contributed by atoms with Crippen molar-refractivity contribution in [1.29, 1.82) is 0 Å². The molecule has 7 nitrogen and oxygen atoms in total. The number of nitrogens with zero attached hydrogens (tertiary/aromatic N) is 3. The van der Waals surface area contributed by atoms with Gasteiger partial charge in [0.25, 0.3) is 5.91 Å². The van der Waals surface area contributed by atoms with E-state index in [0.717, 1.165) is 25.0 Å². The van der Waals surface area contributed by atoms with Crippen molar-refractivity contribution in [2.24, 2.45) is 0 Å². The van der Waals surface area contributed by atoms with Crippen molar-refractivity contribution in [3.8, 4) is 0 Å². The lowest BCUT2D eigenvalue weighted by Crippen LogP contribution is -2.39. The van der Waals surface area contributed by atoms with Crippen LogP contribution in [0.1, 0.15) is 15.9 Å². The van der Waals surface area contributed by atoms with Gasteiger partial charge in [0, 0.05) is 42.9 Å². The minimum absolute atomic E-state index is 0.144. The van der Waals surface area contributed by atoms with E-state index in [0.29, 0.717) is 36.3 Å². The molecule has 2 N–H and O–H groups in total. The molecule has 2 aromatic heterocycles. The van der Waals surface area contributed by atoms with Crippen molar-refractivity contribution in [3.05, 3.63) is 47.8 Å². The Bertz CT molecular complexity index is 968. The molecule has 0 radical (unpaired) electrons. The number of rotatable bonds is 6. The Hall–Kier alpha value is -2.58. The summed E-state index contributed by atoms with van der Waals surface area (Å²) in [6, 6.07) is 8.18. The molecule has 0 unspecified atom stereocenters. The number of thioether (sulfide) groups is 1. The zero-order chi connectivity index (χ0) is 19.3. The van der Waals surface area contributed by atoms with Gasteiger partial charge in [0.1, 0.15) is 11.4 Å². The molecule has 3 aromatic rings. The SMILES string of the molecule is CSc1ncc(C(=O)NCCc2c[nH]c3ccccc23)c(N2CCOCC2)n1. The highest BCUT2D eigenvalue weighted by atomic mass is 32.2. The zero-order valence-corrected chi connectivity index (χ0v) is 16.6. The Kier molecular flexibility index (Phi) is 5.78. The first-order valence-corrected chi connectivity index (χ1v) is 10.6. The molecule has 8 heteroatoms. The number of carbonyl (C=O) groups excluding carboxylic acids is 1. The Morgan fingerprint density at radius 2 is 2.14 bits per heavy atom. The maximum absolute atomic E-state index is 12.8. The smallest absolute Gasteiger partial charge is 0.256 e. The minimum Gasteiger partial charge on any atom is -0.378 e. The van der Waals surface area contributed by atoms with Gasteiger partial charge in [-0.25, -0.2) is 9.97 Å². The van der Waals surface area contributed by atoms with Crippen molar-refractivity contribution in [3.63, 3.8) is 0 Å². The van der Waals surface area contributed by atoms with E-state index in [-0.39, 0.29) is 5.91 Å². The average Bonchev–Trinajstić information content (AvgIpc) is 3.17. The lowest BCUT2D eigenvalue weighted by molar-refractivity contribution is 0.0951. The summed E-state index contributed by atoms with van der Waals surface area (Å²) in [6.45, 7) is 3.27. The molecule has 1 fully saturated rings. The molecule has 0 bridgehead atoms. The van der Waals surface area contributed by atoms with Crippen molar-refractivity contribution in [2.75, 3.05) is 44.0 Å². The van der Waals surface area contributed by atoms with Crippen molar-refractivity contribution in [1.82, 2.24) is 20.3 Å². The highest BCUT2D eigenvalue weighted by Crippen LogP contribution is 2.22. The molecular formula is C20H23N5O2S. The number of hydrogen-bond acceptors (Lipinski definition) is 6. The van der Waals surface area contributed by atoms with Crippen LogP contribution in [0.3, 0.4) is 0 Å². The van der Waals surface area contributed by atoms with Gasteiger partial charge >= 0.3 is 0 Å². The monoisotopic (exact) mass is 397 g/mol. The number of ether oxygens (including phenoxy) is 1. The van der Waals surface area contributed by atoms with E-state index in [1.165, 1.54) is 22.7 Å². The number of aromatic amines is 1. The van der Waals surface area contributed by atoms with Gasteiger partial charge in [-0.2, -0.15) is 0 Å². The van der Waals surface area contributed by atoms with Crippen LogP contribution in [0.25, 0.3) is 10.9 Å². The fourth-order valence-electron chi connectivity index (χ4n) is 3.38. The first kappa shape index (κ1) is 18.8. The standard InChI is InChI=1S/C20H23N5O2S/c1-28-20-23-13-16(18(24-20)25-8-10-27-11-9-25)19(26)21-7-6-14-12-22-17-5-3-2-4-15(14)17/h2-5,12-13,22H,6-11H2,1H3,(H,21,26). The maximum atomic E-state index is 12.8. The maximum Gasteiger partial charge on any atom is 0.256 e. The van der Waals surface area contributed by atoms with E-state index in [1.54, 1.807) is 6.20 Å². The summed E-state index contributed by atoms with van der Waals surface area (Å²) in [4.78, 5) is 27.1. The Morgan fingerprint density at radius 3 is 2.96 bits per heavy atom. The van der Waals surface area contributed by atoms with Crippen LogP contribution in [0.4, 0.5) is 5.82 Å². The molecule has 146 valence electrons. The van der Waals surface area contributed by atoms with Crippen molar-refractivity contribution in [2.45, 2.75) is 11.6 Å². The van der Waals surface area contributed by atoms with Crippen molar-refractivity contribution >= 4 is 34.4 Å². The average molecular weight is 398 g/mol. The number of anilines is 1. The van der Waals surface area contributed by atoms with Gasteiger partial charge in [-0.3, -0.25) is 4.79 Å². The van der Waals surface area contributed by atoms with Crippen LogP contribution < -0.4 is 10.2 Å². The van der Waals surface area contributed by atoms with Gasteiger partial charge in [-0.15, -0.1) is 0 Å². The van der Waals surface area contributed by atoms with Gasteiger partial charge < -0.3 is 19.9 Å². The molecule has 1 aromatic carbocycles. The number of amides is 1. The fourth-order valence-corrected chi connectivity index (χ4v) is 3.71. The number of carbonyl (C=O) groups is 1. The predicted molar refractivity (Wildman–Crippen MR) is 111 cm³/mol. The summed E-state index contributed by atoms with van der Waals surface area (Å²) in [5.41, 5.74) is 2.82. The van der Waals surface area contributed by atoms with E-state index in [9.17, 15) is 4.79 Å². The van der Waals surface area contributed by atoms with Crippen molar-refractivity contribution < 1.29 is 9.53 Å². The molecular weight excluding hydrogens is 374 g/mol. The molecule has 3 heterocycles. The van der Waals surface area contributed by atoms with Gasteiger partial charge in [-0.05, 0) is 24.3 Å². The number of H-pyrrole nitrogens is 1. The second-order valence-corrected chi connectivity index (χ2v) is 7.33. The summed E-state index contributed by atoms with van der Waals surface area (Å²) in [6.07, 6.45) is 6.32. The summed E-state index contributed by atoms with van der Waals surface area (Å²) < 4.78 is 5.43. The summed E-state index contributed by atoms with van der Waals surface area (Å²) in [5.74, 6) is 0.543. The van der Waals surface area contributed by atoms with Crippen LogP contribution in [0, 0.1) is 0 Å². The van der Waals surface area contributed by atoms with Crippen LogP contribution in [0.2, 0.25) is 0 Å². The molecule has 0 spiro atoms. The Labute approximate surface area is 167 Å². The molecule has 1 aliphatic rings. The first-order chi connectivity index (χ1) is 13.8. The number of aromatic nitrogens is 3. The predicted octanol–water partition coefficient (Wildman–Crippen LogP) is 2.49. The highest BCUT2D eigenvalue weighted by Gasteiger charge is 2.21. The van der Waals surface area contributed by atoms with Gasteiger partial charge in [0.15, 0.2) is 5.16 Å². The topological polar surface area (TPSA) is 83.1 Å². The van der Waals surface area contributed by atoms with Gasteiger partial charge in [0.05, 0.1) is 13.2 Å². The molecule has 0 aliphatic carbocycles. The van der Waals surface area contributed by atoms with E-state index in [4.69, 9.17) is 4.74 Å². The lowest BCUT2D eigenvalue weighted by atomic mass is 10.1. The highest BCUT2D eigenvalue weighted by molar-refractivity contribution is 7.98. The molecule has 28 heavy (non-hydrogen) atoms. The van der Waals surface area contributed by atoms with Gasteiger partial charge in [0.2, 0.25) is 0 Å². The summed E-state index contributed by atoms with van der Waals surface area (Å²) >= 11 is 1.47. The van der Waals surface area contributed by atoms with E-state index in [1.807, 2.05) is 24.6 Å². The van der Waals surface area contributed by atoms with Crippen LogP contribution in [0.5, 0.6) is 0 Å². The summed E-state index contributed by atoms with van der Waals surface area (Å²) in [5, 5.41) is 4.88. The van der Waals surface area contributed by atoms with Crippen LogP contribution >= 0.6 is 11.8 Å². The number of para-hydroxylation sites is 1. The lowest BCUT2D eigenvalue weighted by Gasteiger charge is -2.29. The minimum atomic E-state index is -0.144. The number of benzene rings is 1. The van der Waals surface area contributed by atoms with Crippen LogP contribution in [-0.2, 0) is 11.2 Å². The Balaban J connectivity index is 1.46. The Morgan fingerprint density at radius 1 is 1.32 bits per heavy atom. The normalized spacial score (nSPS) is 14.4. The molecule has 1 aliphatic heterocycles. The molecule has 0 atom stereocenters. The van der Waals surface area contributed by atoms with Crippen LogP contribution in [-0.4, -0.2) is 60.0 Å². The van der Waals surface area contributed by atoms with Crippen LogP contribution in [0.15, 0.2) is 41.8 Å². The quantitative estimate of drug-likeness (QED) is 0.491. The molecule has 4 rings (SSSR count). The van der Waals surface area contributed by atoms with E-state index < -0.39 is 0 Å². The number of nitrogens with one attached hydrogen (secondary N) is 2. The third kappa shape index (κ3) is 3.98. The molecule has 1 saturated heterocycles. The third-order valence-electron chi connectivity index (χ3n) is 4.84. The molecule has 0 saturated carbocycles. The van der Waals surface area contributed by atoms with Gasteiger partial charge in [-0.1, -0.05) is 30.0 Å². The number of morpholine rings is 1.